The molecule has 5 amide bonds. The van der Waals surface area contributed by atoms with Gasteiger partial charge in [-0.25, -0.2) is 19.3 Å². The number of aryl methyl sites for hydroxylation is 2. The Morgan fingerprint density at radius 2 is 1.85 bits per heavy atom. The molecule has 17 heteroatoms. The van der Waals surface area contributed by atoms with E-state index in [0.29, 0.717) is 45.5 Å². The lowest BCUT2D eigenvalue weighted by Crippen LogP contribution is -2.54. The summed E-state index contributed by atoms with van der Waals surface area (Å²) in [5.41, 5.74) is 1.24. The number of amides is 5. The summed E-state index contributed by atoms with van der Waals surface area (Å²) < 4.78 is 15.9. The molecule has 53 heavy (non-hydrogen) atoms. The van der Waals surface area contributed by atoms with Crippen LogP contribution in [0.4, 0.5) is 26.8 Å². The van der Waals surface area contributed by atoms with E-state index >= 15 is 4.39 Å². The van der Waals surface area contributed by atoms with Crippen LogP contribution in [0.25, 0.3) is 0 Å². The summed E-state index contributed by atoms with van der Waals surface area (Å²) in [5.74, 6) is -2.10. The highest BCUT2D eigenvalue weighted by molar-refractivity contribution is 7.17. The van der Waals surface area contributed by atoms with Crippen molar-refractivity contribution in [2.24, 2.45) is 0 Å². The van der Waals surface area contributed by atoms with Crippen molar-refractivity contribution in [1.29, 1.82) is 0 Å². The molecule has 0 bridgehead atoms. The maximum absolute atomic E-state index is 15.9. The number of piperidine rings is 2. The summed E-state index contributed by atoms with van der Waals surface area (Å²) in [6.07, 6.45) is 2.98. The Kier molecular flexibility index (Phi) is 9.93. The molecule has 5 heterocycles. The summed E-state index contributed by atoms with van der Waals surface area (Å²) in [6, 6.07) is 9.12. The van der Waals surface area contributed by atoms with Crippen LogP contribution < -0.4 is 20.9 Å². The van der Waals surface area contributed by atoms with E-state index in [2.05, 4.69) is 35.8 Å². The molecule has 0 aliphatic carbocycles. The molecule has 3 aliphatic rings. The first-order valence-electron chi connectivity index (χ1n) is 17.0. The third-order valence-electron chi connectivity index (χ3n) is 9.71. The van der Waals surface area contributed by atoms with Crippen molar-refractivity contribution >= 4 is 74.9 Å². The quantitative estimate of drug-likeness (QED) is 0.200. The Balaban J connectivity index is 0.964. The number of halogens is 2. The smallest absolute Gasteiger partial charge is 0.267 e. The minimum Gasteiger partial charge on any atom is -0.356 e. The number of thiazole rings is 1. The fraction of sp³-hybridized carbons (Fsp3) is 0.333. The first kappa shape index (κ1) is 36.1. The summed E-state index contributed by atoms with van der Waals surface area (Å²) in [5, 5.41) is 9.14. The number of anilines is 4. The normalized spacial score (nSPS) is 17.7. The number of carbonyl (C=O) groups is 5. The number of rotatable bonds is 9. The van der Waals surface area contributed by atoms with Crippen molar-refractivity contribution in [3.63, 3.8) is 0 Å². The Morgan fingerprint density at radius 3 is 2.58 bits per heavy atom. The van der Waals surface area contributed by atoms with Gasteiger partial charge < -0.3 is 15.5 Å². The van der Waals surface area contributed by atoms with Crippen molar-refractivity contribution in [3.8, 4) is 0 Å². The summed E-state index contributed by atoms with van der Waals surface area (Å²) in [4.78, 5) is 82.1. The zero-order valence-electron chi connectivity index (χ0n) is 29.0. The number of carbonyl (C=O) groups excluding carboxylic acids is 5. The highest BCUT2D eigenvalue weighted by atomic mass is 35.5. The molecule has 2 saturated heterocycles. The van der Waals surface area contributed by atoms with Crippen molar-refractivity contribution in [2.75, 3.05) is 35.7 Å². The molecular formula is C36H35ClFN9O5S. The van der Waals surface area contributed by atoms with E-state index in [-0.39, 0.29) is 48.0 Å². The zero-order chi connectivity index (χ0) is 37.6. The van der Waals surface area contributed by atoms with Gasteiger partial charge in [0.2, 0.25) is 11.8 Å². The lowest BCUT2D eigenvalue weighted by atomic mass is 10.0. The number of nitrogens with zero attached hydrogens (tertiary/aromatic N) is 6. The minimum atomic E-state index is -1.16. The van der Waals surface area contributed by atoms with Crippen LogP contribution in [0.5, 0.6) is 0 Å². The van der Waals surface area contributed by atoms with Gasteiger partial charge >= 0.3 is 0 Å². The standard InChI is InChI=1S/C36H35ClFN9O5S/c1-18-5-4-6-23(37)31(18)44-33(50)25-16-39-36(53-25)42-26-15-27(41-19(2)40-26)46-13-11-21(12-14-46)45(3)17-20-7-8-22-29(30(20)38)35(52)47(34(22)51)24-9-10-28(48)43-32(24)49/h4-8,15-16,21,24H,9-14,17H2,1-3H3,(H,44,50)(H,43,48,49)(H,39,40,41,42). The molecule has 0 saturated carbocycles. The average molecular weight is 760 g/mol. The van der Waals surface area contributed by atoms with Gasteiger partial charge in [-0.1, -0.05) is 41.1 Å². The van der Waals surface area contributed by atoms with Gasteiger partial charge in [0.15, 0.2) is 5.13 Å². The van der Waals surface area contributed by atoms with Crippen LogP contribution in [-0.2, 0) is 16.1 Å². The Bertz CT molecular complexity index is 2150. The van der Waals surface area contributed by atoms with E-state index in [1.807, 2.05) is 37.1 Å². The van der Waals surface area contributed by atoms with Crippen LogP contribution in [0.2, 0.25) is 5.02 Å². The molecule has 14 nitrogen and oxygen atoms in total. The highest BCUT2D eigenvalue weighted by Gasteiger charge is 2.46. The first-order chi connectivity index (χ1) is 25.4. The van der Waals surface area contributed by atoms with E-state index in [0.717, 1.165) is 29.1 Å². The molecule has 4 aromatic rings. The summed E-state index contributed by atoms with van der Waals surface area (Å²) in [7, 11) is 1.89. The van der Waals surface area contributed by atoms with E-state index < -0.39 is 35.5 Å². The molecule has 1 unspecified atom stereocenters. The second-order valence-corrected chi connectivity index (χ2v) is 14.7. The van der Waals surface area contributed by atoms with Gasteiger partial charge in [0, 0.05) is 43.7 Å². The van der Waals surface area contributed by atoms with Gasteiger partial charge in [0.25, 0.3) is 17.7 Å². The van der Waals surface area contributed by atoms with E-state index in [1.165, 1.54) is 29.7 Å². The van der Waals surface area contributed by atoms with Crippen LogP contribution in [-0.4, -0.2) is 86.5 Å². The molecule has 3 aliphatic heterocycles. The number of benzene rings is 2. The Labute approximate surface area is 312 Å². The van der Waals surface area contributed by atoms with Gasteiger partial charge in [-0.2, -0.15) is 0 Å². The monoisotopic (exact) mass is 759 g/mol. The molecule has 0 spiro atoms. The Hall–Kier alpha value is -5.32. The third-order valence-corrected chi connectivity index (χ3v) is 10.9. The molecule has 7 rings (SSSR count). The van der Waals surface area contributed by atoms with Crippen LogP contribution in [0.1, 0.15) is 73.0 Å². The molecule has 2 aromatic heterocycles. The number of hydrogen-bond donors (Lipinski definition) is 3. The van der Waals surface area contributed by atoms with Gasteiger partial charge in [0.05, 0.1) is 28.0 Å². The van der Waals surface area contributed by atoms with E-state index in [1.54, 1.807) is 13.0 Å². The number of imide groups is 2. The molecular weight excluding hydrogens is 725 g/mol. The SMILES string of the molecule is Cc1nc(Nc2ncc(C(=O)Nc3c(C)cccc3Cl)s2)cc(N2CCC(N(C)Cc3ccc4c(c3F)C(=O)N(C3CCC(=O)NC3=O)C4=O)CC2)n1. The van der Waals surface area contributed by atoms with Crippen LogP contribution in [0.3, 0.4) is 0 Å². The molecule has 2 aromatic carbocycles. The lowest BCUT2D eigenvalue weighted by Gasteiger charge is -2.37. The molecule has 1 atom stereocenters. The van der Waals surface area contributed by atoms with Crippen molar-refractivity contribution in [2.45, 2.75) is 58.2 Å². The zero-order valence-corrected chi connectivity index (χ0v) is 30.6. The predicted octanol–water partition coefficient (Wildman–Crippen LogP) is 4.84. The number of fused-ring (bicyclic) bond motifs is 1. The van der Waals surface area contributed by atoms with E-state index in [4.69, 9.17) is 11.6 Å². The summed E-state index contributed by atoms with van der Waals surface area (Å²) >= 11 is 7.46. The average Bonchev–Trinajstić information content (AvgIpc) is 3.69. The molecule has 0 radical (unpaired) electrons. The molecule has 3 N–H and O–H groups in total. The van der Waals surface area contributed by atoms with Gasteiger partial charge in [0.1, 0.15) is 34.2 Å². The minimum absolute atomic E-state index is 0.00303. The van der Waals surface area contributed by atoms with Crippen molar-refractivity contribution in [3.05, 3.63) is 86.4 Å². The highest BCUT2D eigenvalue weighted by Crippen LogP contribution is 2.33. The first-order valence-corrected chi connectivity index (χ1v) is 18.2. The van der Waals surface area contributed by atoms with Gasteiger partial charge in [-0.15, -0.1) is 0 Å². The van der Waals surface area contributed by atoms with Gasteiger partial charge in [-0.3, -0.25) is 39.1 Å². The second-order valence-electron chi connectivity index (χ2n) is 13.2. The largest absolute Gasteiger partial charge is 0.356 e. The lowest BCUT2D eigenvalue weighted by molar-refractivity contribution is -0.136. The van der Waals surface area contributed by atoms with E-state index in [9.17, 15) is 24.0 Å². The van der Waals surface area contributed by atoms with Crippen LogP contribution >= 0.6 is 22.9 Å². The number of aromatic nitrogens is 3. The summed E-state index contributed by atoms with van der Waals surface area (Å²) in [6.45, 7) is 5.22. The molecule has 2 fully saturated rings. The predicted molar refractivity (Wildman–Crippen MR) is 196 cm³/mol. The Morgan fingerprint density at radius 1 is 1.08 bits per heavy atom. The van der Waals surface area contributed by atoms with Crippen molar-refractivity contribution in [1.82, 2.24) is 30.1 Å². The maximum Gasteiger partial charge on any atom is 0.267 e. The maximum atomic E-state index is 15.9. The molecule has 274 valence electrons. The topological polar surface area (TPSA) is 170 Å². The third kappa shape index (κ3) is 7.21. The fourth-order valence-corrected chi connectivity index (χ4v) is 7.89. The fourth-order valence-electron chi connectivity index (χ4n) is 6.91. The number of para-hydroxylation sites is 1. The van der Waals surface area contributed by atoms with Crippen LogP contribution in [0, 0.1) is 19.7 Å². The van der Waals surface area contributed by atoms with Crippen molar-refractivity contribution < 1.29 is 28.4 Å². The van der Waals surface area contributed by atoms with Gasteiger partial charge in [-0.05, 0) is 57.9 Å². The van der Waals surface area contributed by atoms with Crippen LogP contribution in [0.15, 0.2) is 42.6 Å². The number of hydrogen-bond acceptors (Lipinski definition) is 12. The second kappa shape index (κ2) is 14.6. The number of nitrogens with one attached hydrogen (secondary N) is 3.